The lowest BCUT2D eigenvalue weighted by Gasteiger charge is -2.11. The van der Waals surface area contributed by atoms with E-state index in [-0.39, 0.29) is 0 Å². The SMILES string of the molecule is COCCc1ccccc1Nc1cccc(Cl)n1. The van der Waals surface area contributed by atoms with Gasteiger partial charge in [-0.3, -0.25) is 0 Å². The Hall–Kier alpha value is -1.58. The molecule has 0 aliphatic carbocycles. The molecule has 0 saturated carbocycles. The minimum Gasteiger partial charge on any atom is -0.384 e. The molecule has 1 heterocycles. The van der Waals surface area contributed by atoms with E-state index in [1.807, 2.05) is 30.3 Å². The number of hydrogen-bond donors (Lipinski definition) is 1. The van der Waals surface area contributed by atoms with Crippen LogP contribution in [-0.4, -0.2) is 18.7 Å². The second kappa shape index (κ2) is 6.38. The summed E-state index contributed by atoms with van der Waals surface area (Å²) in [6.07, 6.45) is 0.861. The Balaban J connectivity index is 2.17. The number of methoxy groups -OCH3 is 1. The monoisotopic (exact) mass is 262 g/mol. The van der Waals surface area contributed by atoms with Gasteiger partial charge in [0.05, 0.1) is 6.61 Å². The maximum Gasteiger partial charge on any atom is 0.132 e. The van der Waals surface area contributed by atoms with Crippen LogP contribution in [0.15, 0.2) is 42.5 Å². The van der Waals surface area contributed by atoms with Gasteiger partial charge in [0.1, 0.15) is 11.0 Å². The summed E-state index contributed by atoms with van der Waals surface area (Å²) < 4.78 is 5.11. The molecule has 0 bridgehead atoms. The normalized spacial score (nSPS) is 10.3. The average molecular weight is 263 g/mol. The molecule has 18 heavy (non-hydrogen) atoms. The Morgan fingerprint density at radius 1 is 1.17 bits per heavy atom. The summed E-state index contributed by atoms with van der Waals surface area (Å²) in [7, 11) is 1.70. The fraction of sp³-hybridized carbons (Fsp3) is 0.214. The summed E-state index contributed by atoms with van der Waals surface area (Å²) in [5.74, 6) is 0.743. The summed E-state index contributed by atoms with van der Waals surface area (Å²) in [6.45, 7) is 0.696. The molecule has 94 valence electrons. The van der Waals surface area contributed by atoms with Gasteiger partial charge in [-0.15, -0.1) is 0 Å². The number of rotatable bonds is 5. The van der Waals surface area contributed by atoms with Crippen LogP contribution < -0.4 is 5.32 Å². The topological polar surface area (TPSA) is 34.1 Å². The number of para-hydroxylation sites is 1. The minimum absolute atomic E-state index is 0.481. The summed E-state index contributed by atoms with van der Waals surface area (Å²) >= 11 is 5.86. The van der Waals surface area contributed by atoms with Crippen molar-refractivity contribution in [3.8, 4) is 0 Å². The highest BCUT2D eigenvalue weighted by Crippen LogP contribution is 2.21. The molecule has 0 radical (unpaired) electrons. The fourth-order valence-corrected chi connectivity index (χ4v) is 1.85. The van der Waals surface area contributed by atoms with Crippen LogP contribution in [-0.2, 0) is 11.2 Å². The van der Waals surface area contributed by atoms with Gasteiger partial charge in [-0.2, -0.15) is 0 Å². The highest BCUT2D eigenvalue weighted by Gasteiger charge is 2.03. The molecule has 1 N–H and O–H groups in total. The summed E-state index contributed by atoms with van der Waals surface area (Å²) in [4.78, 5) is 4.21. The number of pyridine rings is 1. The number of nitrogens with zero attached hydrogens (tertiary/aromatic N) is 1. The van der Waals surface area contributed by atoms with Crippen LogP contribution in [0.4, 0.5) is 11.5 Å². The largest absolute Gasteiger partial charge is 0.384 e. The standard InChI is InChI=1S/C14H15ClN2O/c1-18-10-9-11-5-2-3-6-12(11)16-14-8-4-7-13(15)17-14/h2-8H,9-10H2,1H3,(H,16,17). The number of hydrogen-bond acceptors (Lipinski definition) is 3. The van der Waals surface area contributed by atoms with E-state index in [0.29, 0.717) is 11.8 Å². The Morgan fingerprint density at radius 2 is 2.00 bits per heavy atom. The molecule has 4 heteroatoms. The fourth-order valence-electron chi connectivity index (χ4n) is 1.69. The highest BCUT2D eigenvalue weighted by atomic mass is 35.5. The first-order chi connectivity index (χ1) is 8.79. The smallest absolute Gasteiger partial charge is 0.132 e. The van der Waals surface area contributed by atoms with Gasteiger partial charge in [-0.25, -0.2) is 4.98 Å². The van der Waals surface area contributed by atoms with Crippen LogP contribution in [0, 0.1) is 0 Å². The molecular formula is C14H15ClN2O. The van der Waals surface area contributed by atoms with Crippen molar-refractivity contribution >= 4 is 23.1 Å². The molecule has 2 aromatic rings. The highest BCUT2D eigenvalue weighted by molar-refractivity contribution is 6.29. The van der Waals surface area contributed by atoms with Crippen molar-refractivity contribution in [2.75, 3.05) is 19.0 Å². The lowest BCUT2D eigenvalue weighted by molar-refractivity contribution is 0.202. The Morgan fingerprint density at radius 3 is 2.78 bits per heavy atom. The zero-order chi connectivity index (χ0) is 12.8. The first-order valence-electron chi connectivity index (χ1n) is 5.76. The van der Waals surface area contributed by atoms with Gasteiger partial charge >= 0.3 is 0 Å². The maximum absolute atomic E-state index is 5.86. The van der Waals surface area contributed by atoms with Crippen LogP contribution in [0.1, 0.15) is 5.56 Å². The first kappa shape index (κ1) is 12.9. The first-order valence-corrected chi connectivity index (χ1v) is 6.14. The minimum atomic E-state index is 0.481. The molecule has 0 aliphatic heterocycles. The molecule has 0 aliphatic rings. The van der Waals surface area contributed by atoms with Crippen molar-refractivity contribution in [2.45, 2.75) is 6.42 Å². The molecule has 3 nitrogen and oxygen atoms in total. The molecular weight excluding hydrogens is 248 g/mol. The van der Waals surface area contributed by atoms with E-state index in [1.54, 1.807) is 13.2 Å². The van der Waals surface area contributed by atoms with E-state index in [4.69, 9.17) is 16.3 Å². The van der Waals surface area contributed by atoms with Gasteiger partial charge in [0.25, 0.3) is 0 Å². The number of aromatic nitrogens is 1. The maximum atomic E-state index is 5.86. The molecule has 0 spiro atoms. The summed E-state index contributed by atoms with van der Waals surface area (Å²) in [5.41, 5.74) is 2.23. The van der Waals surface area contributed by atoms with Crippen molar-refractivity contribution in [1.29, 1.82) is 0 Å². The molecule has 2 rings (SSSR count). The molecule has 0 amide bonds. The van der Waals surface area contributed by atoms with Crippen LogP contribution in [0.2, 0.25) is 5.15 Å². The van der Waals surface area contributed by atoms with Crippen LogP contribution >= 0.6 is 11.6 Å². The van der Waals surface area contributed by atoms with Gasteiger partial charge in [-0.05, 0) is 30.2 Å². The Labute approximate surface area is 112 Å². The Kier molecular flexibility index (Phi) is 4.56. The lowest BCUT2D eigenvalue weighted by Crippen LogP contribution is -2.01. The summed E-state index contributed by atoms with van der Waals surface area (Å²) in [5, 5.41) is 3.75. The number of benzene rings is 1. The van der Waals surface area contributed by atoms with Crippen LogP contribution in [0.5, 0.6) is 0 Å². The van der Waals surface area contributed by atoms with Crippen molar-refractivity contribution in [1.82, 2.24) is 4.98 Å². The van der Waals surface area contributed by atoms with Crippen LogP contribution in [0.3, 0.4) is 0 Å². The van der Waals surface area contributed by atoms with E-state index < -0.39 is 0 Å². The number of nitrogens with one attached hydrogen (secondary N) is 1. The third-order valence-corrected chi connectivity index (χ3v) is 2.78. The number of halogens is 1. The van der Waals surface area contributed by atoms with Gasteiger partial charge in [0, 0.05) is 12.8 Å². The molecule has 0 fully saturated rings. The molecule has 0 atom stereocenters. The molecule has 0 saturated heterocycles. The lowest BCUT2D eigenvalue weighted by atomic mass is 10.1. The molecule has 0 unspecified atom stereocenters. The third-order valence-electron chi connectivity index (χ3n) is 2.57. The average Bonchev–Trinajstić information content (AvgIpc) is 2.38. The number of anilines is 2. The van der Waals surface area contributed by atoms with Gasteiger partial charge in [-0.1, -0.05) is 35.9 Å². The second-order valence-corrected chi connectivity index (χ2v) is 4.26. The van der Waals surface area contributed by atoms with Crippen molar-refractivity contribution in [2.24, 2.45) is 0 Å². The quantitative estimate of drug-likeness (QED) is 0.835. The molecule has 1 aromatic carbocycles. The van der Waals surface area contributed by atoms with E-state index >= 15 is 0 Å². The zero-order valence-corrected chi connectivity index (χ0v) is 10.9. The van der Waals surface area contributed by atoms with E-state index in [1.165, 1.54) is 5.56 Å². The van der Waals surface area contributed by atoms with E-state index in [0.717, 1.165) is 17.9 Å². The van der Waals surface area contributed by atoms with Crippen LogP contribution in [0.25, 0.3) is 0 Å². The molecule has 1 aromatic heterocycles. The predicted molar refractivity (Wildman–Crippen MR) is 74.6 cm³/mol. The van der Waals surface area contributed by atoms with Crippen molar-refractivity contribution in [3.63, 3.8) is 0 Å². The Bertz CT molecular complexity index is 517. The third kappa shape index (κ3) is 3.45. The van der Waals surface area contributed by atoms with Crippen molar-refractivity contribution < 1.29 is 4.74 Å². The zero-order valence-electron chi connectivity index (χ0n) is 10.2. The predicted octanol–water partition coefficient (Wildman–Crippen LogP) is 3.67. The van der Waals surface area contributed by atoms with Crippen molar-refractivity contribution in [3.05, 3.63) is 53.2 Å². The second-order valence-electron chi connectivity index (χ2n) is 3.87. The van der Waals surface area contributed by atoms with Gasteiger partial charge in [0.15, 0.2) is 0 Å². The summed E-state index contributed by atoms with van der Waals surface area (Å²) in [6, 6.07) is 13.6. The van der Waals surface area contributed by atoms with Gasteiger partial charge < -0.3 is 10.1 Å². The number of ether oxygens (including phenoxy) is 1. The van der Waals surface area contributed by atoms with Gasteiger partial charge in [0.2, 0.25) is 0 Å². The van der Waals surface area contributed by atoms with E-state index in [9.17, 15) is 0 Å². The van der Waals surface area contributed by atoms with E-state index in [2.05, 4.69) is 16.4 Å².